The molecular formula is C19H16O2. The summed E-state index contributed by atoms with van der Waals surface area (Å²) in [6, 6.07) is 16.3. The number of hydrogen-bond acceptors (Lipinski definition) is 2. The number of esters is 1. The van der Waals surface area contributed by atoms with Crippen LogP contribution in [0.4, 0.5) is 0 Å². The van der Waals surface area contributed by atoms with Crippen molar-refractivity contribution in [2.75, 3.05) is 7.11 Å². The summed E-state index contributed by atoms with van der Waals surface area (Å²) >= 11 is 0. The van der Waals surface area contributed by atoms with E-state index in [1.165, 1.54) is 12.7 Å². The van der Waals surface area contributed by atoms with Crippen molar-refractivity contribution >= 4 is 23.2 Å². The highest BCUT2D eigenvalue weighted by Gasteiger charge is 2.21. The lowest BCUT2D eigenvalue weighted by atomic mass is 9.97. The van der Waals surface area contributed by atoms with Gasteiger partial charge in [0, 0.05) is 6.08 Å². The molecule has 0 heterocycles. The summed E-state index contributed by atoms with van der Waals surface area (Å²) in [6.07, 6.45) is 3.70. The Balaban J connectivity index is 2.17. The van der Waals surface area contributed by atoms with E-state index < -0.39 is 0 Å². The highest BCUT2D eigenvalue weighted by atomic mass is 16.5. The van der Waals surface area contributed by atoms with Crippen molar-refractivity contribution in [3.05, 3.63) is 76.9 Å². The van der Waals surface area contributed by atoms with E-state index in [1.807, 2.05) is 18.2 Å². The van der Waals surface area contributed by atoms with E-state index in [0.717, 1.165) is 27.8 Å². The van der Waals surface area contributed by atoms with Gasteiger partial charge in [-0.3, -0.25) is 0 Å². The third kappa shape index (κ3) is 2.52. The van der Waals surface area contributed by atoms with Crippen molar-refractivity contribution in [3.8, 4) is 0 Å². The first kappa shape index (κ1) is 13.4. The van der Waals surface area contributed by atoms with Gasteiger partial charge in [0.05, 0.1) is 7.11 Å². The number of benzene rings is 2. The fraction of sp³-hybridized carbons (Fsp3) is 0.105. The molecule has 104 valence electrons. The summed E-state index contributed by atoms with van der Waals surface area (Å²) in [5, 5.41) is 0. The number of rotatable bonds is 2. The maximum absolute atomic E-state index is 11.7. The molecule has 1 aliphatic carbocycles. The molecule has 2 nitrogen and oxygen atoms in total. The zero-order valence-corrected chi connectivity index (χ0v) is 12.1. The smallest absolute Gasteiger partial charge is 0.331 e. The second-order valence-electron chi connectivity index (χ2n) is 5.10. The second kappa shape index (κ2) is 5.41. The van der Waals surface area contributed by atoms with E-state index in [4.69, 9.17) is 4.74 Å². The van der Waals surface area contributed by atoms with Crippen molar-refractivity contribution in [1.82, 2.24) is 0 Å². The van der Waals surface area contributed by atoms with E-state index in [-0.39, 0.29) is 5.97 Å². The van der Waals surface area contributed by atoms with E-state index >= 15 is 0 Å². The Morgan fingerprint density at radius 1 is 1.10 bits per heavy atom. The summed E-state index contributed by atoms with van der Waals surface area (Å²) in [7, 11) is 1.40. The predicted molar refractivity (Wildman–Crippen MR) is 85.5 cm³/mol. The topological polar surface area (TPSA) is 26.3 Å². The first-order chi connectivity index (χ1) is 10.2. The van der Waals surface area contributed by atoms with Crippen molar-refractivity contribution in [3.63, 3.8) is 0 Å². The van der Waals surface area contributed by atoms with Crippen LogP contribution in [0.1, 0.15) is 22.3 Å². The monoisotopic (exact) mass is 276 g/mol. The maximum atomic E-state index is 11.7. The molecule has 0 atom stereocenters. The minimum Gasteiger partial charge on any atom is -0.466 e. The highest BCUT2D eigenvalue weighted by molar-refractivity contribution is 6.20. The molecule has 0 N–H and O–H groups in total. The number of carbonyl (C=O) groups excluding carboxylic acids is 1. The predicted octanol–water partition coefficient (Wildman–Crippen LogP) is 4.11. The summed E-state index contributed by atoms with van der Waals surface area (Å²) in [5.41, 5.74) is 6.50. The van der Waals surface area contributed by atoms with Crippen LogP contribution in [0.3, 0.4) is 0 Å². The van der Waals surface area contributed by atoms with Crippen LogP contribution < -0.4 is 0 Å². The fourth-order valence-corrected chi connectivity index (χ4v) is 2.61. The zero-order valence-electron chi connectivity index (χ0n) is 12.1. The van der Waals surface area contributed by atoms with E-state index in [0.29, 0.717) is 0 Å². The van der Waals surface area contributed by atoms with Crippen LogP contribution in [0.25, 0.3) is 17.2 Å². The van der Waals surface area contributed by atoms with E-state index in [2.05, 4.69) is 43.3 Å². The number of ether oxygens (including phenoxy) is 1. The van der Waals surface area contributed by atoms with Gasteiger partial charge in [-0.15, -0.1) is 0 Å². The summed E-state index contributed by atoms with van der Waals surface area (Å²) in [4.78, 5) is 11.7. The number of fused-ring (bicyclic) bond motifs is 1. The number of carbonyl (C=O) groups is 1. The van der Waals surface area contributed by atoms with Gasteiger partial charge in [-0.05, 0) is 40.8 Å². The molecule has 0 spiro atoms. The lowest BCUT2D eigenvalue weighted by molar-refractivity contribution is -0.134. The molecule has 21 heavy (non-hydrogen) atoms. The van der Waals surface area contributed by atoms with Crippen molar-refractivity contribution < 1.29 is 9.53 Å². The first-order valence-electron chi connectivity index (χ1n) is 6.87. The standard InChI is InChI=1S/C19H16O2/c1-13-8-9-16-15(10-13)11-17(14-6-4-3-5-7-14)18(16)12-19(20)21-2/h3-12H,1-2H3/b18-12+. The quantitative estimate of drug-likeness (QED) is 0.609. The molecule has 0 aromatic heterocycles. The van der Waals surface area contributed by atoms with Gasteiger partial charge >= 0.3 is 5.97 Å². The third-order valence-corrected chi connectivity index (χ3v) is 3.64. The molecule has 2 aromatic rings. The van der Waals surface area contributed by atoms with Crippen LogP contribution in [0.2, 0.25) is 0 Å². The normalized spacial score (nSPS) is 14.8. The van der Waals surface area contributed by atoms with Crippen LogP contribution in [-0.4, -0.2) is 13.1 Å². The number of aryl methyl sites for hydroxylation is 1. The lowest BCUT2D eigenvalue weighted by Crippen LogP contribution is -1.97. The summed E-state index contributed by atoms with van der Waals surface area (Å²) in [6.45, 7) is 2.07. The minimum absolute atomic E-state index is 0.333. The largest absolute Gasteiger partial charge is 0.466 e. The Labute approximate surface area is 124 Å². The van der Waals surface area contributed by atoms with Crippen molar-refractivity contribution in [1.29, 1.82) is 0 Å². The molecule has 0 saturated carbocycles. The Morgan fingerprint density at radius 2 is 1.86 bits per heavy atom. The molecule has 0 saturated heterocycles. The van der Waals surface area contributed by atoms with Crippen molar-refractivity contribution in [2.24, 2.45) is 0 Å². The van der Waals surface area contributed by atoms with Gasteiger partial charge in [-0.1, -0.05) is 54.1 Å². The molecule has 0 unspecified atom stereocenters. The molecule has 0 aliphatic heterocycles. The fourth-order valence-electron chi connectivity index (χ4n) is 2.61. The van der Waals surface area contributed by atoms with E-state index in [1.54, 1.807) is 6.08 Å². The molecule has 0 amide bonds. The Kier molecular flexibility index (Phi) is 3.44. The average molecular weight is 276 g/mol. The van der Waals surface area contributed by atoms with Gasteiger partial charge in [0.1, 0.15) is 0 Å². The molecular weight excluding hydrogens is 260 g/mol. The highest BCUT2D eigenvalue weighted by Crippen LogP contribution is 2.41. The summed E-state index contributed by atoms with van der Waals surface area (Å²) < 4.78 is 4.79. The van der Waals surface area contributed by atoms with Crippen LogP contribution >= 0.6 is 0 Å². The summed E-state index contributed by atoms with van der Waals surface area (Å²) in [5.74, 6) is -0.333. The van der Waals surface area contributed by atoms with Crippen LogP contribution in [0, 0.1) is 6.92 Å². The van der Waals surface area contributed by atoms with Gasteiger partial charge in [0.25, 0.3) is 0 Å². The van der Waals surface area contributed by atoms with Crippen molar-refractivity contribution in [2.45, 2.75) is 6.92 Å². The Morgan fingerprint density at radius 3 is 2.57 bits per heavy atom. The van der Waals surface area contributed by atoms with Gasteiger partial charge in [-0.25, -0.2) is 4.79 Å². The first-order valence-corrected chi connectivity index (χ1v) is 6.87. The van der Waals surface area contributed by atoms with Gasteiger partial charge in [0.15, 0.2) is 0 Å². The van der Waals surface area contributed by atoms with Crippen LogP contribution in [0.15, 0.2) is 54.6 Å². The third-order valence-electron chi connectivity index (χ3n) is 3.64. The zero-order chi connectivity index (χ0) is 14.8. The second-order valence-corrected chi connectivity index (χ2v) is 5.10. The average Bonchev–Trinajstić information content (AvgIpc) is 2.85. The molecule has 0 radical (unpaired) electrons. The number of methoxy groups -OCH3 is 1. The van der Waals surface area contributed by atoms with Gasteiger partial charge in [0.2, 0.25) is 0 Å². The molecule has 2 heteroatoms. The SMILES string of the molecule is COC(=O)/C=C1/C(c2ccccc2)=Cc2cc(C)ccc21. The minimum atomic E-state index is -0.333. The van der Waals surface area contributed by atoms with Crippen LogP contribution in [0.5, 0.6) is 0 Å². The van der Waals surface area contributed by atoms with Crippen LogP contribution in [-0.2, 0) is 9.53 Å². The molecule has 2 aromatic carbocycles. The molecule has 1 aliphatic rings. The molecule has 0 fully saturated rings. The Hall–Kier alpha value is -2.61. The van der Waals surface area contributed by atoms with Gasteiger partial charge in [-0.2, -0.15) is 0 Å². The maximum Gasteiger partial charge on any atom is 0.331 e. The van der Waals surface area contributed by atoms with E-state index in [9.17, 15) is 4.79 Å². The number of allylic oxidation sites excluding steroid dienone is 2. The Bertz CT molecular complexity index is 752. The molecule has 0 bridgehead atoms. The number of hydrogen-bond donors (Lipinski definition) is 0. The van der Waals surface area contributed by atoms with Gasteiger partial charge < -0.3 is 4.74 Å². The molecule has 3 rings (SSSR count). The lowest BCUT2D eigenvalue weighted by Gasteiger charge is -2.08.